The highest BCUT2D eigenvalue weighted by molar-refractivity contribution is 5.76. The van der Waals surface area contributed by atoms with Crippen LogP contribution in [0.25, 0.3) is 0 Å². The molecular weight excluding hydrogens is 166 g/mol. The number of nitrogens with zero attached hydrogens (tertiary/aromatic N) is 1. The van der Waals surface area contributed by atoms with Gasteiger partial charge in [-0.3, -0.25) is 4.79 Å². The maximum atomic E-state index is 11.6. The largest absolute Gasteiger partial charge is 0.375 e. The molecule has 0 saturated carbocycles. The summed E-state index contributed by atoms with van der Waals surface area (Å²) in [4.78, 5) is 13.5. The molecule has 1 heterocycles. The molecule has 0 aromatic heterocycles. The molecule has 1 rings (SSSR count). The summed E-state index contributed by atoms with van der Waals surface area (Å²) < 4.78 is 5.51. The first-order valence-electron chi connectivity index (χ1n) is 5.10. The Balaban J connectivity index is 2.59. The minimum absolute atomic E-state index is 0.193. The van der Waals surface area contributed by atoms with Crippen LogP contribution in [-0.2, 0) is 9.53 Å². The van der Waals surface area contributed by atoms with Gasteiger partial charge in [-0.15, -0.1) is 0 Å². The monoisotopic (exact) mass is 185 g/mol. The van der Waals surface area contributed by atoms with Crippen LogP contribution >= 0.6 is 0 Å². The van der Waals surface area contributed by atoms with Crippen molar-refractivity contribution in [2.75, 3.05) is 13.2 Å². The van der Waals surface area contributed by atoms with Crippen molar-refractivity contribution in [3.63, 3.8) is 0 Å². The summed E-state index contributed by atoms with van der Waals surface area (Å²) in [5.41, 5.74) is 0. The zero-order valence-corrected chi connectivity index (χ0v) is 8.75. The molecule has 76 valence electrons. The lowest BCUT2D eigenvalue weighted by Gasteiger charge is -2.38. The highest BCUT2D eigenvalue weighted by Gasteiger charge is 2.27. The molecule has 3 heteroatoms. The number of morpholine rings is 1. The van der Waals surface area contributed by atoms with E-state index < -0.39 is 0 Å². The summed E-state index contributed by atoms with van der Waals surface area (Å²) in [5.74, 6) is 0.252. The van der Waals surface area contributed by atoms with E-state index in [4.69, 9.17) is 4.74 Å². The number of carbonyl (C=O) groups excluding carboxylic acids is 1. The van der Waals surface area contributed by atoms with Gasteiger partial charge in [0.1, 0.15) is 0 Å². The van der Waals surface area contributed by atoms with E-state index in [-0.39, 0.29) is 12.0 Å². The second kappa shape index (κ2) is 4.61. The molecule has 0 spiro atoms. The Labute approximate surface area is 80.1 Å². The summed E-state index contributed by atoms with van der Waals surface area (Å²) in [6, 6.07) is 0.295. The molecule has 1 aliphatic rings. The molecule has 1 aliphatic heterocycles. The van der Waals surface area contributed by atoms with Gasteiger partial charge in [0.05, 0.1) is 18.8 Å². The van der Waals surface area contributed by atoms with Crippen LogP contribution < -0.4 is 0 Å². The zero-order chi connectivity index (χ0) is 9.84. The normalized spacial score (nSPS) is 29.0. The minimum Gasteiger partial charge on any atom is -0.375 e. The molecule has 0 N–H and O–H groups in total. The molecule has 13 heavy (non-hydrogen) atoms. The Morgan fingerprint density at radius 3 is 2.77 bits per heavy atom. The maximum absolute atomic E-state index is 11.6. The molecule has 0 aromatic rings. The Kier molecular flexibility index (Phi) is 3.72. The van der Waals surface area contributed by atoms with Gasteiger partial charge >= 0.3 is 0 Å². The fourth-order valence-corrected chi connectivity index (χ4v) is 1.69. The standard InChI is InChI=1S/C10H19NO2/c1-4-9-7-13-8(3)6-11(9)10(12)5-2/h8-9H,4-7H2,1-3H3. The Bertz CT molecular complexity index is 182. The van der Waals surface area contributed by atoms with E-state index in [1.807, 2.05) is 18.7 Å². The van der Waals surface area contributed by atoms with E-state index >= 15 is 0 Å². The van der Waals surface area contributed by atoms with Crippen LogP contribution in [0.4, 0.5) is 0 Å². The average molecular weight is 185 g/mol. The maximum Gasteiger partial charge on any atom is 0.222 e. The van der Waals surface area contributed by atoms with Gasteiger partial charge < -0.3 is 9.64 Å². The van der Waals surface area contributed by atoms with E-state index in [9.17, 15) is 4.79 Å². The van der Waals surface area contributed by atoms with Gasteiger partial charge in [0.15, 0.2) is 0 Å². The summed E-state index contributed by atoms with van der Waals surface area (Å²) >= 11 is 0. The molecule has 1 saturated heterocycles. The highest BCUT2D eigenvalue weighted by Crippen LogP contribution is 2.15. The topological polar surface area (TPSA) is 29.5 Å². The first-order chi connectivity index (χ1) is 6.19. The van der Waals surface area contributed by atoms with Crippen molar-refractivity contribution < 1.29 is 9.53 Å². The number of hydrogen-bond acceptors (Lipinski definition) is 2. The van der Waals surface area contributed by atoms with E-state index in [0.717, 1.165) is 13.0 Å². The van der Waals surface area contributed by atoms with Crippen molar-refractivity contribution in [3.05, 3.63) is 0 Å². The van der Waals surface area contributed by atoms with Gasteiger partial charge in [-0.25, -0.2) is 0 Å². The Hall–Kier alpha value is -0.570. The number of carbonyl (C=O) groups is 1. The van der Waals surface area contributed by atoms with Gasteiger partial charge in [-0.05, 0) is 13.3 Å². The van der Waals surface area contributed by atoms with Crippen LogP contribution in [0.1, 0.15) is 33.6 Å². The van der Waals surface area contributed by atoms with Gasteiger partial charge in [0.25, 0.3) is 0 Å². The van der Waals surface area contributed by atoms with E-state index in [1.165, 1.54) is 0 Å². The van der Waals surface area contributed by atoms with Crippen LogP contribution in [0, 0.1) is 0 Å². The van der Waals surface area contributed by atoms with Crippen LogP contribution in [0.2, 0.25) is 0 Å². The predicted molar refractivity (Wildman–Crippen MR) is 51.5 cm³/mol. The summed E-state index contributed by atoms with van der Waals surface area (Å²) in [6.07, 6.45) is 1.78. The lowest BCUT2D eigenvalue weighted by molar-refractivity contribution is -0.144. The van der Waals surface area contributed by atoms with Crippen molar-refractivity contribution in [2.45, 2.75) is 45.8 Å². The van der Waals surface area contributed by atoms with Gasteiger partial charge in [0.2, 0.25) is 5.91 Å². The fraction of sp³-hybridized carbons (Fsp3) is 0.900. The van der Waals surface area contributed by atoms with Crippen molar-refractivity contribution >= 4 is 5.91 Å². The lowest BCUT2D eigenvalue weighted by Crippen LogP contribution is -2.51. The first-order valence-corrected chi connectivity index (χ1v) is 5.10. The van der Waals surface area contributed by atoms with Gasteiger partial charge in [0, 0.05) is 13.0 Å². The van der Waals surface area contributed by atoms with Gasteiger partial charge in [-0.2, -0.15) is 0 Å². The molecule has 1 amide bonds. The third-order valence-corrected chi connectivity index (χ3v) is 2.56. The van der Waals surface area contributed by atoms with Crippen LogP contribution in [0.15, 0.2) is 0 Å². The summed E-state index contributed by atoms with van der Waals surface area (Å²) in [6.45, 7) is 7.48. The average Bonchev–Trinajstić information content (AvgIpc) is 2.16. The molecule has 0 bridgehead atoms. The smallest absolute Gasteiger partial charge is 0.222 e. The Morgan fingerprint density at radius 1 is 1.54 bits per heavy atom. The van der Waals surface area contributed by atoms with Crippen LogP contribution in [0.5, 0.6) is 0 Å². The minimum atomic E-state index is 0.193. The number of rotatable bonds is 2. The molecule has 0 aliphatic carbocycles. The fourth-order valence-electron chi connectivity index (χ4n) is 1.69. The highest BCUT2D eigenvalue weighted by atomic mass is 16.5. The second-order valence-corrected chi connectivity index (χ2v) is 3.61. The quantitative estimate of drug-likeness (QED) is 0.651. The third kappa shape index (κ3) is 2.44. The van der Waals surface area contributed by atoms with E-state index in [0.29, 0.717) is 19.1 Å². The number of amides is 1. The molecule has 1 fully saturated rings. The molecule has 3 nitrogen and oxygen atoms in total. The SMILES string of the molecule is CCC(=O)N1CC(C)OCC1CC. The van der Waals surface area contributed by atoms with Crippen molar-refractivity contribution in [3.8, 4) is 0 Å². The molecule has 0 radical (unpaired) electrons. The van der Waals surface area contributed by atoms with Crippen molar-refractivity contribution in [2.24, 2.45) is 0 Å². The first kappa shape index (κ1) is 10.5. The summed E-state index contributed by atoms with van der Waals surface area (Å²) in [7, 11) is 0. The van der Waals surface area contributed by atoms with E-state index in [2.05, 4.69) is 6.92 Å². The number of hydrogen-bond donors (Lipinski definition) is 0. The third-order valence-electron chi connectivity index (χ3n) is 2.56. The predicted octanol–water partition coefficient (Wildman–Crippen LogP) is 1.42. The van der Waals surface area contributed by atoms with Crippen LogP contribution in [0.3, 0.4) is 0 Å². The second-order valence-electron chi connectivity index (χ2n) is 3.61. The van der Waals surface area contributed by atoms with Crippen LogP contribution in [-0.4, -0.2) is 36.1 Å². The summed E-state index contributed by atoms with van der Waals surface area (Å²) in [5, 5.41) is 0. The number of ether oxygens (including phenoxy) is 1. The van der Waals surface area contributed by atoms with E-state index in [1.54, 1.807) is 0 Å². The van der Waals surface area contributed by atoms with Crippen molar-refractivity contribution in [1.29, 1.82) is 0 Å². The zero-order valence-electron chi connectivity index (χ0n) is 8.75. The van der Waals surface area contributed by atoms with Crippen molar-refractivity contribution in [1.82, 2.24) is 4.90 Å². The lowest BCUT2D eigenvalue weighted by atomic mass is 10.1. The molecule has 0 aromatic carbocycles. The molecular formula is C10H19NO2. The Morgan fingerprint density at radius 2 is 2.23 bits per heavy atom. The molecule has 2 unspecified atom stereocenters. The van der Waals surface area contributed by atoms with Gasteiger partial charge in [-0.1, -0.05) is 13.8 Å². The molecule has 2 atom stereocenters.